The van der Waals surface area contributed by atoms with Crippen molar-refractivity contribution in [3.63, 3.8) is 0 Å². The van der Waals surface area contributed by atoms with Gasteiger partial charge < -0.3 is 19.9 Å². The molecule has 0 spiro atoms. The Bertz CT molecular complexity index is 943. The van der Waals surface area contributed by atoms with Crippen LogP contribution in [0.4, 0.5) is 5.69 Å². The molecule has 0 atom stereocenters. The summed E-state index contributed by atoms with van der Waals surface area (Å²) in [6, 6.07) is 8.25. The molecule has 1 aromatic heterocycles. The molecular weight excluding hydrogens is 362 g/mol. The average molecular weight is 383 g/mol. The molecule has 0 saturated heterocycles. The van der Waals surface area contributed by atoms with E-state index < -0.39 is 18.5 Å². The van der Waals surface area contributed by atoms with Crippen LogP contribution in [0.3, 0.4) is 0 Å². The minimum atomic E-state index is -0.718. The molecule has 0 unspecified atom stereocenters. The monoisotopic (exact) mass is 383 g/mol. The normalized spacial score (nSPS) is 12.9. The molecule has 8 nitrogen and oxygen atoms in total. The van der Waals surface area contributed by atoms with Crippen molar-refractivity contribution in [3.8, 4) is 0 Å². The maximum absolute atomic E-state index is 12.3. The second kappa shape index (κ2) is 8.08. The number of para-hydroxylation sites is 1. The van der Waals surface area contributed by atoms with Crippen LogP contribution in [0, 0.1) is 0 Å². The number of ketones is 1. The zero-order valence-electron chi connectivity index (χ0n) is 15.7. The van der Waals surface area contributed by atoms with Crippen molar-refractivity contribution in [1.29, 1.82) is 0 Å². The lowest BCUT2D eigenvalue weighted by Gasteiger charge is -2.11. The maximum Gasteiger partial charge on any atom is 0.355 e. The Labute approximate surface area is 161 Å². The second-order valence-electron chi connectivity index (χ2n) is 6.70. The first kappa shape index (κ1) is 19.3. The average Bonchev–Trinajstić information content (AvgIpc) is 3.38. The molecule has 2 N–H and O–H groups in total. The van der Waals surface area contributed by atoms with Gasteiger partial charge in [0.05, 0.1) is 11.3 Å². The Morgan fingerprint density at radius 3 is 2.54 bits per heavy atom. The molecule has 0 bridgehead atoms. The molecule has 1 fully saturated rings. The number of nitrogens with one attached hydrogen (secondary N) is 2. The third-order valence-electron chi connectivity index (χ3n) is 4.31. The number of amides is 2. The summed E-state index contributed by atoms with van der Waals surface area (Å²) in [4.78, 5) is 48.0. The molecule has 8 heteroatoms. The van der Waals surface area contributed by atoms with Gasteiger partial charge in [0.15, 0.2) is 12.4 Å². The van der Waals surface area contributed by atoms with E-state index in [0.29, 0.717) is 16.8 Å². The lowest BCUT2D eigenvalue weighted by Crippen LogP contribution is -2.28. The number of anilines is 1. The highest BCUT2D eigenvalue weighted by atomic mass is 16.5. The molecule has 3 rings (SSSR count). The molecule has 1 aliphatic rings. The Morgan fingerprint density at radius 1 is 1.18 bits per heavy atom. The Hall–Kier alpha value is -3.42. The molecule has 146 valence electrons. The second-order valence-corrected chi connectivity index (χ2v) is 6.70. The summed E-state index contributed by atoms with van der Waals surface area (Å²) in [5.74, 6) is -1.71. The lowest BCUT2D eigenvalue weighted by atomic mass is 10.1. The Kier molecular flexibility index (Phi) is 5.58. The SMILES string of the molecule is CC(=O)c1cc(C(=O)OCC(=O)Nc2ccccc2C(=O)NC2CC2)n(C)c1. The number of hydrogen-bond acceptors (Lipinski definition) is 5. The highest BCUT2D eigenvalue weighted by Crippen LogP contribution is 2.21. The first-order valence-electron chi connectivity index (χ1n) is 8.89. The summed E-state index contributed by atoms with van der Waals surface area (Å²) in [5.41, 5.74) is 1.25. The van der Waals surface area contributed by atoms with E-state index in [9.17, 15) is 19.2 Å². The van der Waals surface area contributed by atoms with E-state index >= 15 is 0 Å². The number of ether oxygens (including phenoxy) is 1. The van der Waals surface area contributed by atoms with E-state index in [1.165, 1.54) is 23.8 Å². The third-order valence-corrected chi connectivity index (χ3v) is 4.31. The number of aryl methyl sites for hydroxylation is 1. The fourth-order valence-electron chi connectivity index (χ4n) is 2.63. The summed E-state index contributed by atoms with van der Waals surface area (Å²) in [6.07, 6.45) is 3.44. The van der Waals surface area contributed by atoms with Crippen molar-refractivity contribution in [2.75, 3.05) is 11.9 Å². The van der Waals surface area contributed by atoms with Crippen molar-refractivity contribution in [2.45, 2.75) is 25.8 Å². The van der Waals surface area contributed by atoms with Crippen LogP contribution in [0.1, 0.15) is 51.0 Å². The van der Waals surface area contributed by atoms with Gasteiger partial charge in [-0.15, -0.1) is 0 Å². The minimum Gasteiger partial charge on any atom is -0.451 e. The van der Waals surface area contributed by atoms with Crippen molar-refractivity contribution in [3.05, 3.63) is 53.3 Å². The molecule has 0 aliphatic heterocycles. The first-order valence-corrected chi connectivity index (χ1v) is 8.89. The van der Waals surface area contributed by atoms with Crippen molar-refractivity contribution >= 4 is 29.3 Å². The van der Waals surface area contributed by atoms with Crippen molar-refractivity contribution in [2.24, 2.45) is 7.05 Å². The van der Waals surface area contributed by atoms with Gasteiger partial charge in [0, 0.05) is 24.8 Å². The summed E-state index contributed by atoms with van der Waals surface area (Å²) in [7, 11) is 1.61. The van der Waals surface area contributed by atoms with Gasteiger partial charge in [-0.1, -0.05) is 12.1 Å². The number of hydrogen-bond donors (Lipinski definition) is 2. The number of benzene rings is 1. The summed E-state index contributed by atoms with van der Waals surface area (Å²) >= 11 is 0. The number of nitrogens with zero attached hydrogens (tertiary/aromatic N) is 1. The van der Waals surface area contributed by atoms with E-state index in [-0.39, 0.29) is 23.4 Å². The smallest absolute Gasteiger partial charge is 0.355 e. The van der Waals surface area contributed by atoms with Crippen LogP contribution < -0.4 is 10.6 Å². The zero-order chi connectivity index (χ0) is 20.3. The zero-order valence-corrected chi connectivity index (χ0v) is 15.7. The van der Waals surface area contributed by atoms with Crippen LogP contribution in [0.5, 0.6) is 0 Å². The number of Topliss-reactive ketones (excluding diaryl/α,β-unsaturated/α-hetero) is 1. The molecule has 2 aromatic rings. The Morgan fingerprint density at radius 2 is 1.89 bits per heavy atom. The first-order chi connectivity index (χ1) is 13.3. The number of carbonyl (C=O) groups excluding carboxylic acids is 4. The van der Waals surface area contributed by atoms with Crippen LogP contribution in [0.15, 0.2) is 36.5 Å². The van der Waals surface area contributed by atoms with Gasteiger partial charge in [-0.25, -0.2) is 4.79 Å². The predicted molar refractivity (Wildman–Crippen MR) is 101 cm³/mol. The largest absolute Gasteiger partial charge is 0.451 e. The molecule has 2 amide bonds. The predicted octanol–water partition coefficient (Wildman–Crippen LogP) is 1.92. The summed E-state index contributed by atoms with van der Waals surface area (Å²) in [5, 5.41) is 5.46. The van der Waals surface area contributed by atoms with Gasteiger partial charge in [-0.05, 0) is 38.0 Å². The van der Waals surface area contributed by atoms with Crippen LogP contribution in [0.25, 0.3) is 0 Å². The quantitative estimate of drug-likeness (QED) is 0.561. The van der Waals surface area contributed by atoms with Gasteiger partial charge >= 0.3 is 5.97 Å². The van der Waals surface area contributed by atoms with E-state index in [1.54, 1.807) is 31.3 Å². The maximum atomic E-state index is 12.3. The van der Waals surface area contributed by atoms with Gasteiger partial charge in [0.1, 0.15) is 5.69 Å². The highest BCUT2D eigenvalue weighted by Gasteiger charge is 2.25. The molecule has 1 aromatic carbocycles. The number of carbonyl (C=O) groups is 4. The van der Waals surface area contributed by atoms with Gasteiger partial charge in [0.25, 0.3) is 11.8 Å². The van der Waals surface area contributed by atoms with Gasteiger partial charge in [0.2, 0.25) is 0 Å². The lowest BCUT2D eigenvalue weighted by molar-refractivity contribution is -0.119. The van der Waals surface area contributed by atoms with Gasteiger partial charge in [-0.3, -0.25) is 14.4 Å². The van der Waals surface area contributed by atoms with E-state index in [4.69, 9.17) is 4.74 Å². The van der Waals surface area contributed by atoms with Crippen LogP contribution in [-0.2, 0) is 16.6 Å². The molecule has 0 radical (unpaired) electrons. The summed E-state index contributed by atoms with van der Waals surface area (Å²) in [6.45, 7) is 0.882. The van der Waals surface area contributed by atoms with E-state index in [2.05, 4.69) is 10.6 Å². The molecule has 28 heavy (non-hydrogen) atoms. The number of esters is 1. The van der Waals surface area contributed by atoms with E-state index in [0.717, 1.165) is 12.8 Å². The summed E-state index contributed by atoms with van der Waals surface area (Å²) < 4.78 is 6.49. The van der Waals surface area contributed by atoms with Gasteiger partial charge in [-0.2, -0.15) is 0 Å². The molecule has 1 aliphatic carbocycles. The standard InChI is InChI=1S/C20H21N3O5/c1-12(24)13-9-17(23(2)10-13)20(27)28-11-18(25)22-16-6-4-3-5-15(16)19(26)21-14-7-8-14/h3-6,9-10,14H,7-8,11H2,1-2H3,(H,21,26)(H,22,25). The number of aromatic nitrogens is 1. The molecule has 1 saturated carbocycles. The molecule has 1 heterocycles. The minimum absolute atomic E-state index is 0.169. The van der Waals surface area contributed by atoms with Crippen LogP contribution >= 0.6 is 0 Å². The van der Waals surface area contributed by atoms with Crippen LogP contribution in [0.2, 0.25) is 0 Å². The van der Waals surface area contributed by atoms with Crippen molar-refractivity contribution < 1.29 is 23.9 Å². The topological polar surface area (TPSA) is 106 Å². The number of rotatable bonds is 7. The van der Waals surface area contributed by atoms with E-state index in [1.807, 2.05) is 0 Å². The fourth-order valence-corrected chi connectivity index (χ4v) is 2.63. The fraction of sp³-hybridized carbons (Fsp3) is 0.300. The van der Waals surface area contributed by atoms with Crippen LogP contribution in [-0.4, -0.2) is 40.8 Å². The van der Waals surface area contributed by atoms with Crippen molar-refractivity contribution in [1.82, 2.24) is 9.88 Å². The molecular formula is C20H21N3O5. The highest BCUT2D eigenvalue weighted by molar-refractivity contribution is 6.04. The Balaban J connectivity index is 1.59. The third kappa shape index (κ3) is 4.64.